The van der Waals surface area contributed by atoms with Gasteiger partial charge in [0.25, 0.3) is 0 Å². The maximum Gasteiger partial charge on any atom is 0.230 e. The van der Waals surface area contributed by atoms with Gasteiger partial charge in [-0.2, -0.15) is 0 Å². The predicted molar refractivity (Wildman–Crippen MR) is 87.2 cm³/mol. The van der Waals surface area contributed by atoms with Crippen molar-refractivity contribution < 1.29 is 13.2 Å². The second kappa shape index (κ2) is 6.24. The molecule has 0 spiro atoms. The topological polar surface area (TPSA) is 54.5 Å². The van der Waals surface area contributed by atoms with E-state index in [1.807, 2.05) is 30.3 Å². The minimum atomic E-state index is -3.19. The smallest absolute Gasteiger partial charge is 0.230 e. The molecule has 0 aromatic heterocycles. The Hall–Kier alpha value is -1.62. The lowest BCUT2D eigenvalue weighted by molar-refractivity contribution is -0.123. The minimum absolute atomic E-state index is 0.0135. The van der Waals surface area contributed by atoms with E-state index in [-0.39, 0.29) is 23.6 Å². The molecule has 1 aromatic rings. The van der Waals surface area contributed by atoms with Crippen LogP contribution >= 0.6 is 0 Å². The zero-order valence-electron chi connectivity index (χ0n) is 12.5. The lowest BCUT2D eigenvalue weighted by atomic mass is 9.88. The highest BCUT2D eigenvalue weighted by atomic mass is 32.2. The van der Waals surface area contributed by atoms with Crippen molar-refractivity contribution in [2.24, 2.45) is 5.92 Å². The summed E-state index contributed by atoms with van der Waals surface area (Å²) in [5.74, 6) is 0.0729. The van der Waals surface area contributed by atoms with Gasteiger partial charge in [0.2, 0.25) is 5.91 Å². The Kier molecular flexibility index (Phi) is 4.34. The van der Waals surface area contributed by atoms with E-state index in [4.69, 9.17) is 0 Å². The van der Waals surface area contributed by atoms with Crippen LogP contribution in [0.2, 0.25) is 0 Å². The Morgan fingerprint density at radius 2 is 1.73 bits per heavy atom. The summed E-state index contributed by atoms with van der Waals surface area (Å²) in [6, 6.07) is 9.02. The summed E-state index contributed by atoms with van der Waals surface area (Å²) < 4.78 is 23.5. The number of carbonyl (C=O) groups excluding carboxylic acids is 1. The van der Waals surface area contributed by atoms with Crippen molar-refractivity contribution in [3.63, 3.8) is 0 Å². The van der Waals surface area contributed by atoms with Gasteiger partial charge in [0.05, 0.1) is 11.8 Å². The monoisotopic (exact) mass is 319 g/mol. The van der Waals surface area contributed by atoms with E-state index in [0.29, 0.717) is 0 Å². The number of amides is 1. The standard InChI is InChI=1S/C17H21NO3S/c19-17(14-7-3-1-4-8-14)18(15-9-5-2-6-10-15)16-11-12-22(20,21)13-16/h2,5-6,9-12,14,16H,1,3-4,7-8,13H2. The fourth-order valence-electron chi connectivity index (χ4n) is 3.34. The molecule has 1 saturated carbocycles. The maximum atomic E-state index is 13.0. The van der Waals surface area contributed by atoms with E-state index < -0.39 is 9.84 Å². The first kappa shape index (κ1) is 15.3. The Morgan fingerprint density at radius 3 is 2.32 bits per heavy atom. The zero-order valence-corrected chi connectivity index (χ0v) is 13.3. The van der Waals surface area contributed by atoms with Crippen LogP contribution in [0, 0.1) is 5.92 Å². The van der Waals surface area contributed by atoms with Crippen LogP contribution in [-0.4, -0.2) is 26.1 Å². The van der Waals surface area contributed by atoms with Crippen LogP contribution in [0.1, 0.15) is 32.1 Å². The first-order chi connectivity index (χ1) is 10.6. The molecule has 1 amide bonds. The van der Waals surface area contributed by atoms with E-state index in [1.165, 1.54) is 11.8 Å². The number of sulfone groups is 1. The van der Waals surface area contributed by atoms with Crippen LogP contribution in [0.15, 0.2) is 41.8 Å². The third-order valence-electron chi connectivity index (χ3n) is 4.47. The first-order valence-electron chi connectivity index (χ1n) is 7.86. The Balaban J connectivity index is 1.90. The molecular weight excluding hydrogens is 298 g/mol. The highest BCUT2D eigenvalue weighted by Gasteiger charge is 2.34. The zero-order chi connectivity index (χ0) is 15.6. The number of rotatable bonds is 3. The normalized spacial score (nSPS) is 24.3. The number of carbonyl (C=O) groups is 1. The van der Waals surface area contributed by atoms with Gasteiger partial charge < -0.3 is 4.90 Å². The Bertz CT molecular complexity index is 660. The highest BCUT2D eigenvalue weighted by molar-refractivity contribution is 7.94. The third kappa shape index (κ3) is 3.24. The van der Waals surface area contributed by atoms with Crippen molar-refractivity contribution in [2.75, 3.05) is 10.7 Å². The Labute approximate surface area is 131 Å². The van der Waals surface area contributed by atoms with Gasteiger partial charge in [0, 0.05) is 17.0 Å². The van der Waals surface area contributed by atoms with Crippen molar-refractivity contribution in [1.29, 1.82) is 0 Å². The fourth-order valence-corrected chi connectivity index (χ4v) is 4.61. The van der Waals surface area contributed by atoms with Crippen molar-refractivity contribution in [3.8, 4) is 0 Å². The molecule has 4 nitrogen and oxygen atoms in total. The average molecular weight is 319 g/mol. The fraction of sp³-hybridized carbons (Fsp3) is 0.471. The average Bonchev–Trinajstić information content (AvgIpc) is 2.89. The van der Waals surface area contributed by atoms with E-state index in [1.54, 1.807) is 11.0 Å². The summed E-state index contributed by atoms with van der Waals surface area (Å²) in [5, 5.41) is 1.24. The summed E-state index contributed by atoms with van der Waals surface area (Å²) >= 11 is 0. The van der Waals surface area contributed by atoms with Crippen molar-refractivity contribution in [1.82, 2.24) is 0 Å². The second-order valence-corrected chi connectivity index (χ2v) is 8.04. The molecule has 22 heavy (non-hydrogen) atoms. The van der Waals surface area contributed by atoms with Gasteiger partial charge in [0.1, 0.15) is 0 Å². The Morgan fingerprint density at radius 1 is 1.05 bits per heavy atom. The summed E-state index contributed by atoms with van der Waals surface area (Å²) in [6.07, 6.45) is 6.81. The van der Waals surface area contributed by atoms with E-state index in [2.05, 4.69) is 0 Å². The van der Waals surface area contributed by atoms with Crippen LogP contribution in [-0.2, 0) is 14.6 Å². The molecule has 1 aromatic carbocycles. The van der Waals surface area contributed by atoms with Crippen LogP contribution < -0.4 is 4.90 Å². The molecule has 0 N–H and O–H groups in total. The number of anilines is 1. The third-order valence-corrected chi connectivity index (χ3v) is 5.85. The van der Waals surface area contributed by atoms with Crippen LogP contribution in [0.5, 0.6) is 0 Å². The number of hydrogen-bond acceptors (Lipinski definition) is 3. The molecular formula is C17H21NO3S. The maximum absolute atomic E-state index is 13.0. The first-order valence-corrected chi connectivity index (χ1v) is 9.57. The molecule has 0 bridgehead atoms. The number of para-hydroxylation sites is 1. The van der Waals surface area contributed by atoms with Gasteiger partial charge in [-0.05, 0) is 31.1 Å². The van der Waals surface area contributed by atoms with Gasteiger partial charge >= 0.3 is 0 Å². The van der Waals surface area contributed by atoms with E-state index in [0.717, 1.165) is 31.4 Å². The lowest BCUT2D eigenvalue weighted by Crippen LogP contribution is -2.44. The summed E-state index contributed by atoms with van der Waals surface area (Å²) in [4.78, 5) is 14.7. The minimum Gasteiger partial charge on any atom is -0.304 e. The molecule has 1 fully saturated rings. The summed E-state index contributed by atoms with van der Waals surface area (Å²) in [6.45, 7) is 0. The highest BCUT2D eigenvalue weighted by Crippen LogP contribution is 2.30. The lowest BCUT2D eigenvalue weighted by Gasteiger charge is -2.32. The molecule has 1 heterocycles. The molecule has 3 rings (SSSR count). The van der Waals surface area contributed by atoms with Crippen LogP contribution in [0.25, 0.3) is 0 Å². The predicted octanol–water partition coefficient (Wildman–Crippen LogP) is 2.91. The molecule has 2 aliphatic rings. The summed E-state index contributed by atoms with van der Waals surface area (Å²) in [7, 11) is -3.19. The quantitative estimate of drug-likeness (QED) is 0.861. The van der Waals surface area contributed by atoms with E-state index >= 15 is 0 Å². The van der Waals surface area contributed by atoms with Gasteiger partial charge in [-0.1, -0.05) is 37.5 Å². The van der Waals surface area contributed by atoms with Gasteiger partial charge in [-0.3, -0.25) is 4.79 Å². The van der Waals surface area contributed by atoms with Gasteiger partial charge in [-0.15, -0.1) is 0 Å². The number of nitrogens with zero attached hydrogens (tertiary/aromatic N) is 1. The van der Waals surface area contributed by atoms with Crippen molar-refractivity contribution in [3.05, 3.63) is 41.8 Å². The summed E-state index contributed by atoms with van der Waals surface area (Å²) in [5.41, 5.74) is 0.782. The van der Waals surface area contributed by atoms with E-state index in [9.17, 15) is 13.2 Å². The molecule has 118 valence electrons. The SMILES string of the molecule is O=C(C1CCCCC1)N(c1ccccc1)C1C=CS(=O)(=O)C1. The second-order valence-electron chi connectivity index (χ2n) is 6.10. The number of hydrogen-bond donors (Lipinski definition) is 0. The molecule has 1 aliphatic carbocycles. The molecule has 1 aliphatic heterocycles. The molecule has 5 heteroatoms. The van der Waals surface area contributed by atoms with Crippen molar-refractivity contribution >= 4 is 21.4 Å². The van der Waals surface area contributed by atoms with Crippen LogP contribution in [0.4, 0.5) is 5.69 Å². The van der Waals surface area contributed by atoms with Gasteiger partial charge in [0.15, 0.2) is 9.84 Å². The molecule has 0 radical (unpaired) electrons. The molecule has 1 atom stereocenters. The number of benzene rings is 1. The van der Waals surface area contributed by atoms with Gasteiger partial charge in [-0.25, -0.2) is 8.42 Å². The largest absolute Gasteiger partial charge is 0.304 e. The van der Waals surface area contributed by atoms with Crippen molar-refractivity contribution in [2.45, 2.75) is 38.1 Å². The molecule has 1 unspecified atom stereocenters. The van der Waals surface area contributed by atoms with Crippen LogP contribution in [0.3, 0.4) is 0 Å². The molecule has 0 saturated heterocycles.